The monoisotopic (exact) mass is 284 g/mol. The lowest BCUT2D eigenvalue weighted by atomic mass is 9.85. The standard InChI is InChI=1S/C15H28N2O3/c1-15(2,12-14(19)20)11-13(18)16-7-10-17-8-5-3-4-6-9-17/h3-12H2,1-2H3,(H,16,18)(H,19,20). The third-order valence-electron chi connectivity index (χ3n) is 3.72. The average Bonchev–Trinajstić information content (AvgIpc) is 2.54. The van der Waals surface area contributed by atoms with E-state index in [0.717, 1.165) is 19.6 Å². The summed E-state index contributed by atoms with van der Waals surface area (Å²) < 4.78 is 0. The van der Waals surface area contributed by atoms with E-state index in [1.54, 1.807) is 0 Å². The number of nitrogens with zero attached hydrogens (tertiary/aromatic N) is 1. The summed E-state index contributed by atoms with van der Waals surface area (Å²) in [4.78, 5) is 24.9. The summed E-state index contributed by atoms with van der Waals surface area (Å²) in [7, 11) is 0. The van der Waals surface area contributed by atoms with Crippen molar-refractivity contribution in [3.05, 3.63) is 0 Å². The van der Waals surface area contributed by atoms with Crippen LogP contribution in [0.5, 0.6) is 0 Å². The van der Waals surface area contributed by atoms with Gasteiger partial charge in [-0.3, -0.25) is 9.59 Å². The van der Waals surface area contributed by atoms with Crippen molar-refractivity contribution in [3.8, 4) is 0 Å². The molecule has 0 aromatic heterocycles. The average molecular weight is 284 g/mol. The summed E-state index contributed by atoms with van der Waals surface area (Å²) in [5.41, 5.74) is -0.488. The molecular formula is C15H28N2O3. The summed E-state index contributed by atoms with van der Waals surface area (Å²) in [5, 5.41) is 11.7. The Kier molecular flexibility index (Phi) is 6.99. The van der Waals surface area contributed by atoms with E-state index in [1.165, 1.54) is 25.7 Å². The van der Waals surface area contributed by atoms with Crippen LogP contribution in [0.25, 0.3) is 0 Å². The molecule has 1 fully saturated rings. The molecule has 5 heteroatoms. The van der Waals surface area contributed by atoms with Gasteiger partial charge in [0, 0.05) is 19.5 Å². The Morgan fingerprint density at radius 2 is 1.70 bits per heavy atom. The maximum absolute atomic E-state index is 11.8. The third-order valence-corrected chi connectivity index (χ3v) is 3.72. The Morgan fingerprint density at radius 1 is 1.10 bits per heavy atom. The molecule has 0 saturated carbocycles. The second-order valence-electron chi connectivity index (χ2n) is 6.52. The van der Waals surface area contributed by atoms with Gasteiger partial charge in [-0.1, -0.05) is 26.7 Å². The van der Waals surface area contributed by atoms with Gasteiger partial charge in [0.2, 0.25) is 5.91 Å². The van der Waals surface area contributed by atoms with E-state index in [2.05, 4.69) is 10.2 Å². The molecule has 0 aromatic carbocycles. The maximum atomic E-state index is 11.8. The number of aliphatic carboxylic acids is 1. The number of carboxylic acid groups (broad SMARTS) is 1. The summed E-state index contributed by atoms with van der Waals surface area (Å²) in [5.74, 6) is -0.904. The van der Waals surface area contributed by atoms with Crippen molar-refractivity contribution >= 4 is 11.9 Å². The van der Waals surface area contributed by atoms with Crippen LogP contribution in [-0.4, -0.2) is 48.1 Å². The number of carbonyl (C=O) groups excluding carboxylic acids is 1. The molecule has 1 rings (SSSR count). The minimum atomic E-state index is -0.854. The molecule has 0 bridgehead atoms. The summed E-state index contributed by atoms with van der Waals surface area (Å²) >= 11 is 0. The molecule has 0 atom stereocenters. The Hall–Kier alpha value is -1.10. The van der Waals surface area contributed by atoms with E-state index in [4.69, 9.17) is 5.11 Å². The van der Waals surface area contributed by atoms with Crippen molar-refractivity contribution in [2.45, 2.75) is 52.4 Å². The van der Waals surface area contributed by atoms with E-state index in [1.807, 2.05) is 13.8 Å². The van der Waals surface area contributed by atoms with Crippen LogP contribution in [0.4, 0.5) is 0 Å². The minimum Gasteiger partial charge on any atom is -0.481 e. The quantitative estimate of drug-likeness (QED) is 0.749. The minimum absolute atomic E-state index is 0.0204. The van der Waals surface area contributed by atoms with Crippen molar-refractivity contribution in [1.82, 2.24) is 10.2 Å². The van der Waals surface area contributed by atoms with Crippen molar-refractivity contribution in [2.24, 2.45) is 5.41 Å². The van der Waals surface area contributed by atoms with Gasteiger partial charge in [0.15, 0.2) is 0 Å². The largest absolute Gasteiger partial charge is 0.481 e. The van der Waals surface area contributed by atoms with Gasteiger partial charge in [0.05, 0.1) is 6.42 Å². The predicted octanol–water partition coefficient (Wildman–Crippen LogP) is 1.87. The molecule has 0 unspecified atom stereocenters. The number of carbonyl (C=O) groups is 2. The van der Waals surface area contributed by atoms with Crippen molar-refractivity contribution in [1.29, 1.82) is 0 Å². The van der Waals surface area contributed by atoms with Gasteiger partial charge in [0.1, 0.15) is 0 Å². The first-order valence-corrected chi connectivity index (χ1v) is 7.60. The molecule has 0 spiro atoms. The molecule has 2 N–H and O–H groups in total. The smallest absolute Gasteiger partial charge is 0.303 e. The zero-order valence-corrected chi connectivity index (χ0v) is 12.8. The highest BCUT2D eigenvalue weighted by Crippen LogP contribution is 2.24. The topological polar surface area (TPSA) is 69.6 Å². The van der Waals surface area contributed by atoms with Gasteiger partial charge in [-0.25, -0.2) is 0 Å². The van der Waals surface area contributed by atoms with Crippen LogP contribution in [0.3, 0.4) is 0 Å². The summed E-state index contributed by atoms with van der Waals surface area (Å²) in [6, 6.07) is 0. The van der Waals surface area contributed by atoms with Crippen molar-refractivity contribution in [3.63, 3.8) is 0 Å². The van der Waals surface area contributed by atoms with Crippen molar-refractivity contribution in [2.75, 3.05) is 26.2 Å². The molecule has 20 heavy (non-hydrogen) atoms. The van der Waals surface area contributed by atoms with Crippen LogP contribution in [0.1, 0.15) is 52.4 Å². The Morgan fingerprint density at radius 3 is 2.25 bits per heavy atom. The zero-order chi connectivity index (χ0) is 15.0. The van der Waals surface area contributed by atoms with Crippen molar-refractivity contribution < 1.29 is 14.7 Å². The number of amides is 1. The lowest BCUT2D eigenvalue weighted by Crippen LogP contribution is -2.37. The van der Waals surface area contributed by atoms with E-state index >= 15 is 0 Å². The highest BCUT2D eigenvalue weighted by Gasteiger charge is 2.25. The van der Waals surface area contributed by atoms with Crippen LogP contribution in [0.15, 0.2) is 0 Å². The van der Waals surface area contributed by atoms with Crippen LogP contribution >= 0.6 is 0 Å². The van der Waals surface area contributed by atoms with E-state index in [0.29, 0.717) is 6.54 Å². The number of nitrogens with one attached hydrogen (secondary N) is 1. The first kappa shape index (κ1) is 17.0. The number of hydrogen-bond acceptors (Lipinski definition) is 3. The highest BCUT2D eigenvalue weighted by molar-refractivity contribution is 5.77. The molecule has 1 aliphatic heterocycles. The van der Waals surface area contributed by atoms with Gasteiger partial charge in [-0.15, -0.1) is 0 Å². The number of carboxylic acids is 1. The lowest BCUT2D eigenvalue weighted by Gasteiger charge is -2.23. The summed E-state index contributed by atoms with van der Waals surface area (Å²) in [6.07, 6.45) is 5.41. The molecule has 1 saturated heterocycles. The third kappa shape index (κ3) is 7.48. The van der Waals surface area contributed by atoms with Gasteiger partial charge in [-0.2, -0.15) is 0 Å². The first-order valence-electron chi connectivity index (χ1n) is 7.60. The van der Waals surface area contributed by atoms with Crippen LogP contribution in [0.2, 0.25) is 0 Å². The first-order chi connectivity index (χ1) is 9.39. The molecule has 116 valence electrons. The van der Waals surface area contributed by atoms with E-state index in [-0.39, 0.29) is 18.7 Å². The van der Waals surface area contributed by atoms with Crippen LogP contribution in [-0.2, 0) is 9.59 Å². The number of rotatable bonds is 7. The molecular weight excluding hydrogens is 256 g/mol. The molecule has 1 amide bonds. The zero-order valence-electron chi connectivity index (χ0n) is 12.8. The fourth-order valence-corrected chi connectivity index (χ4v) is 2.68. The van der Waals surface area contributed by atoms with Gasteiger partial charge in [0.25, 0.3) is 0 Å². The fraction of sp³-hybridized carbons (Fsp3) is 0.867. The second-order valence-corrected chi connectivity index (χ2v) is 6.52. The normalized spacial score (nSPS) is 17.5. The predicted molar refractivity (Wildman–Crippen MR) is 78.6 cm³/mol. The maximum Gasteiger partial charge on any atom is 0.303 e. The highest BCUT2D eigenvalue weighted by atomic mass is 16.4. The Balaban J connectivity index is 2.20. The summed E-state index contributed by atoms with van der Waals surface area (Å²) in [6.45, 7) is 7.43. The van der Waals surface area contributed by atoms with Crippen LogP contribution < -0.4 is 5.32 Å². The molecule has 5 nitrogen and oxygen atoms in total. The molecule has 0 aromatic rings. The molecule has 0 radical (unpaired) electrons. The molecule has 1 heterocycles. The van der Waals surface area contributed by atoms with E-state index < -0.39 is 11.4 Å². The molecule has 1 aliphatic rings. The number of likely N-dealkylation sites (tertiary alicyclic amines) is 1. The number of hydrogen-bond donors (Lipinski definition) is 2. The van der Waals surface area contributed by atoms with Gasteiger partial charge < -0.3 is 15.3 Å². The van der Waals surface area contributed by atoms with Crippen LogP contribution in [0, 0.1) is 5.41 Å². The van der Waals surface area contributed by atoms with Gasteiger partial charge >= 0.3 is 5.97 Å². The Labute approximate surface area is 121 Å². The second kappa shape index (κ2) is 8.25. The SMILES string of the molecule is CC(C)(CC(=O)O)CC(=O)NCCN1CCCCCC1. The van der Waals surface area contributed by atoms with E-state index in [9.17, 15) is 9.59 Å². The Bertz CT molecular complexity index is 321. The fourth-order valence-electron chi connectivity index (χ4n) is 2.68. The van der Waals surface area contributed by atoms with Gasteiger partial charge in [-0.05, 0) is 31.3 Å². The lowest BCUT2D eigenvalue weighted by molar-refractivity contribution is -0.139. The molecule has 0 aliphatic carbocycles.